The number of halogens is 2. The molecule has 9 heteroatoms. The largest absolute Gasteiger partial charge is 0.493 e. The van der Waals surface area contributed by atoms with Crippen molar-refractivity contribution in [2.75, 3.05) is 14.2 Å². The third-order valence-electron chi connectivity index (χ3n) is 4.17. The highest BCUT2D eigenvalue weighted by molar-refractivity contribution is 14.1. The highest BCUT2D eigenvalue weighted by Crippen LogP contribution is 2.33. The van der Waals surface area contributed by atoms with E-state index in [0.29, 0.717) is 22.1 Å². The van der Waals surface area contributed by atoms with Gasteiger partial charge in [-0.3, -0.25) is 9.59 Å². The van der Waals surface area contributed by atoms with Crippen LogP contribution in [0, 0.1) is 9.49 Å². The average Bonchev–Trinajstić information content (AvgIpc) is 2.70. The summed E-state index contributed by atoms with van der Waals surface area (Å²) in [4.78, 5) is 25.1. The van der Waals surface area contributed by atoms with E-state index in [-0.39, 0.29) is 11.8 Å². The fraction of sp³-hybridized carbons (Fsp3) is 0.286. The minimum absolute atomic E-state index is 0.148. The first-order chi connectivity index (χ1) is 14.3. The second-order valence-electron chi connectivity index (χ2n) is 6.68. The first-order valence-corrected chi connectivity index (χ1v) is 10.5. The molecule has 2 aromatic rings. The van der Waals surface area contributed by atoms with E-state index in [1.807, 2.05) is 19.9 Å². The standard InChI is InChI=1S/C21H23ClIN3O4/c1-12(2)18(25-20(27)14-6-5-7-15(22)10-14)21(28)26-24-11-13-8-16(23)19(30-4)17(9-13)29-3/h5-12,18H,1-4H3,(H,25,27)(H,26,28)/b24-11+. The van der Waals surface area contributed by atoms with Crippen molar-refractivity contribution < 1.29 is 19.1 Å². The van der Waals surface area contributed by atoms with E-state index in [9.17, 15) is 9.59 Å². The van der Waals surface area contributed by atoms with Gasteiger partial charge in [-0.15, -0.1) is 0 Å². The normalized spacial score (nSPS) is 12.0. The lowest BCUT2D eigenvalue weighted by molar-refractivity contribution is -0.123. The van der Waals surface area contributed by atoms with Crippen molar-refractivity contribution in [2.24, 2.45) is 11.0 Å². The predicted octanol–water partition coefficient (Wildman–Crippen LogP) is 3.87. The molecule has 2 rings (SSSR count). The van der Waals surface area contributed by atoms with Crippen LogP contribution in [0.5, 0.6) is 11.5 Å². The summed E-state index contributed by atoms with van der Waals surface area (Å²) >= 11 is 8.06. The van der Waals surface area contributed by atoms with Gasteiger partial charge in [-0.25, -0.2) is 5.43 Å². The number of hydrazone groups is 1. The van der Waals surface area contributed by atoms with Gasteiger partial charge in [0.15, 0.2) is 11.5 Å². The maximum atomic E-state index is 12.6. The van der Waals surface area contributed by atoms with Crippen LogP contribution in [0.25, 0.3) is 0 Å². The Morgan fingerprint density at radius 3 is 2.50 bits per heavy atom. The Morgan fingerprint density at radius 2 is 1.90 bits per heavy atom. The fourth-order valence-corrected chi connectivity index (χ4v) is 3.68. The molecule has 160 valence electrons. The molecular formula is C21H23ClIN3O4. The van der Waals surface area contributed by atoms with Gasteiger partial charge in [0, 0.05) is 10.6 Å². The Balaban J connectivity index is 2.08. The molecule has 0 aliphatic heterocycles. The number of rotatable bonds is 8. The zero-order valence-electron chi connectivity index (χ0n) is 17.0. The molecule has 0 aliphatic rings. The van der Waals surface area contributed by atoms with Gasteiger partial charge in [-0.2, -0.15) is 5.10 Å². The maximum Gasteiger partial charge on any atom is 0.262 e. The molecule has 1 atom stereocenters. The summed E-state index contributed by atoms with van der Waals surface area (Å²) in [5.74, 6) is 0.232. The molecular weight excluding hydrogens is 521 g/mol. The molecule has 30 heavy (non-hydrogen) atoms. The van der Waals surface area contributed by atoms with Gasteiger partial charge >= 0.3 is 0 Å². The molecule has 2 amide bonds. The number of amides is 2. The second-order valence-corrected chi connectivity index (χ2v) is 8.28. The summed E-state index contributed by atoms with van der Waals surface area (Å²) in [6.45, 7) is 3.67. The molecule has 0 saturated carbocycles. The van der Waals surface area contributed by atoms with Crippen LogP contribution in [0.15, 0.2) is 41.5 Å². The van der Waals surface area contributed by atoms with Gasteiger partial charge in [-0.1, -0.05) is 31.5 Å². The molecule has 0 aliphatic carbocycles. The molecule has 0 spiro atoms. The monoisotopic (exact) mass is 543 g/mol. The SMILES string of the molecule is COc1cc(/C=N/NC(=O)C(NC(=O)c2cccc(Cl)c2)C(C)C)cc(I)c1OC. The Hall–Kier alpha value is -2.33. The number of benzene rings is 2. The van der Waals surface area contributed by atoms with Gasteiger partial charge in [0.2, 0.25) is 0 Å². The Bertz CT molecular complexity index is 950. The summed E-state index contributed by atoms with van der Waals surface area (Å²) in [6.07, 6.45) is 1.50. The van der Waals surface area contributed by atoms with E-state index in [4.69, 9.17) is 21.1 Å². The molecule has 0 heterocycles. The molecule has 1 unspecified atom stereocenters. The second kappa shape index (κ2) is 11.2. The number of carbonyl (C=O) groups excluding carboxylic acids is 2. The van der Waals surface area contributed by atoms with E-state index >= 15 is 0 Å². The zero-order chi connectivity index (χ0) is 22.3. The van der Waals surface area contributed by atoms with E-state index in [0.717, 1.165) is 9.13 Å². The minimum atomic E-state index is -0.765. The lowest BCUT2D eigenvalue weighted by atomic mass is 10.0. The van der Waals surface area contributed by atoms with Crippen LogP contribution in [0.4, 0.5) is 0 Å². The van der Waals surface area contributed by atoms with E-state index in [2.05, 4.69) is 38.4 Å². The van der Waals surface area contributed by atoms with Crippen molar-refractivity contribution in [1.29, 1.82) is 0 Å². The maximum absolute atomic E-state index is 12.6. The Kier molecular flexibility index (Phi) is 8.91. The van der Waals surface area contributed by atoms with Gasteiger partial charge in [0.1, 0.15) is 6.04 Å². The highest BCUT2D eigenvalue weighted by atomic mass is 127. The van der Waals surface area contributed by atoms with Crippen molar-refractivity contribution in [3.63, 3.8) is 0 Å². The number of hydrogen-bond acceptors (Lipinski definition) is 5. The topological polar surface area (TPSA) is 89.0 Å². The third kappa shape index (κ3) is 6.33. The summed E-state index contributed by atoms with van der Waals surface area (Å²) in [7, 11) is 3.12. The smallest absolute Gasteiger partial charge is 0.262 e. The number of nitrogens with zero attached hydrogens (tertiary/aromatic N) is 1. The molecule has 2 N–H and O–H groups in total. The van der Waals surface area contributed by atoms with Gasteiger partial charge in [0.05, 0.1) is 24.0 Å². The summed E-state index contributed by atoms with van der Waals surface area (Å²) in [6, 6.07) is 9.36. The number of carbonyl (C=O) groups is 2. The van der Waals surface area contributed by atoms with Gasteiger partial charge in [0.25, 0.3) is 11.8 Å². The molecule has 0 fully saturated rings. The van der Waals surface area contributed by atoms with Crippen LogP contribution in [-0.4, -0.2) is 38.3 Å². The number of hydrogen-bond donors (Lipinski definition) is 2. The van der Waals surface area contributed by atoms with Crippen molar-refractivity contribution >= 4 is 52.2 Å². The van der Waals surface area contributed by atoms with Crippen molar-refractivity contribution in [2.45, 2.75) is 19.9 Å². The Morgan fingerprint density at radius 1 is 1.17 bits per heavy atom. The zero-order valence-corrected chi connectivity index (χ0v) is 19.9. The fourth-order valence-electron chi connectivity index (χ4n) is 2.64. The molecule has 0 aromatic heterocycles. The van der Waals surface area contributed by atoms with Crippen molar-refractivity contribution in [3.05, 3.63) is 56.1 Å². The minimum Gasteiger partial charge on any atom is -0.493 e. The lowest BCUT2D eigenvalue weighted by Gasteiger charge is -2.20. The predicted molar refractivity (Wildman–Crippen MR) is 126 cm³/mol. The van der Waals surface area contributed by atoms with E-state index in [1.54, 1.807) is 44.6 Å². The molecule has 0 bridgehead atoms. The number of methoxy groups -OCH3 is 2. The first-order valence-electron chi connectivity index (χ1n) is 9.07. The summed E-state index contributed by atoms with van der Waals surface area (Å²) in [5, 5.41) is 7.19. The lowest BCUT2D eigenvalue weighted by Crippen LogP contribution is -2.48. The summed E-state index contributed by atoms with van der Waals surface area (Å²) < 4.78 is 11.5. The van der Waals surface area contributed by atoms with Gasteiger partial charge in [-0.05, 0) is 64.4 Å². The first kappa shape index (κ1) is 23.9. The average molecular weight is 544 g/mol. The molecule has 2 aromatic carbocycles. The van der Waals surface area contributed by atoms with Crippen LogP contribution >= 0.6 is 34.2 Å². The molecule has 0 saturated heterocycles. The molecule has 0 radical (unpaired) electrons. The summed E-state index contributed by atoms with van der Waals surface area (Å²) in [5.41, 5.74) is 3.58. The third-order valence-corrected chi connectivity index (χ3v) is 5.20. The number of ether oxygens (including phenoxy) is 2. The van der Waals surface area contributed by atoms with Crippen LogP contribution in [0.3, 0.4) is 0 Å². The number of nitrogens with one attached hydrogen (secondary N) is 2. The van der Waals surface area contributed by atoms with Crippen LogP contribution < -0.4 is 20.2 Å². The van der Waals surface area contributed by atoms with Crippen molar-refractivity contribution in [3.8, 4) is 11.5 Å². The quantitative estimate of drug-likeness (QED) is 0.301. The molecule has 7 nitrogen and oxygen atoms in total. The van der Waals surface area contributed by atoms with Crippen LogP contribution in [0.1, 0.15) is 29.8 Å². The van der Waals surface area contributed by atoms with E-state index < -0.39 is 11.9 Å². The van der Waals surface area contributed by atoms with Crippen molar-refractivity contribution in [1.82, 2.24) is 10.7 Å². The van der Waals surface area contributed by atoms with Crippen LogP contribution in [0.2, 0.25) is 5.02 Å². The Labute approximate surface area is 194 Å². The van der Waals surface area contributed by atoms with Gasteiger partial charge < -0.3 is 14.8 Å². The highest BCUT2D eigenvalue weighted by Gasteiger charge is 2.24. The van der Waals surface area contributed by atoms with E-state index in [1.165, 1.54) is 6.21 Å². The van der Waals surface area contributed by atoms with Crippen LogP contribution in [-0.2, 0) is 4.79 Å².